The van der Waals surface area contributed by atoms with E-state index in [1.54, 1.807) is 25.3 Å². The molecule has 2 aromatic heterocycles. The van der Waals surface area contributed by atoms with E-state index in [1.807, 2.05) is 0 Å². The van der Waals surface area contributed by atoms with Crippen molar-refractivity contribution in [1.82, 2.24) is 4.98 Å². The highest BCUT2D eigenvalue weighted by Crippen LogP contribution is 2.41. The fraction of sp³-hybridized carbons (Fsp3) is 0.300. The van der Waals surface area contributed by atoms with Crippen LogP contribution in [0.25, 0.3) is 11.1 Å². The van der Waals surface area contributed by atoms with Gasteiger partial charge in [0.15, 0.2) is 23.1 Å². The molecule has 0 aromatic carbocycles. The van der Waals surface area contributed by atoms with Crippen molar-refractivity contribution >= 4 is 11.1 Å². The summed E-state index contributed by atoms with van der Waals surface area (Å²) in [6.07, 6.45) is 0.719. The van der Waals surface area contributed by atoms with Crippen molar-refractivity contribution in [2.24, 2.45) is 0 Å². The van der Waals surface area contributed by atoms with Gasteiger partial charge in [-0.05, 0) is 19.1 Å². The van der Waals surface area contributed by atoms with Gasteiger partial charge in [-0.15, -0.1) is 0 Å². The van der Waals surface area contributed by atoms with E-state index in [0.717, 1.165) is 0 Å². The average Bonchev–Trinajstić information content (AvgIpc) is 2.52. The van der Waals surface area contributed by atoms with E-state index in [2.05, 4.69) is 4.98 Å². The molecule has 0 radical (unpaired) electrons. The molecule has 5 heteroatoms. The molecular weight excluding hydrogens is 198 g/mol. The molecule has 3 heterocycles. The van der Waals surface area contributed by atoms with Crippen LogP contribution in [0.2, 0.25) is 0 Å². The van der Waals surface area contributed by atoms with Gasteiger partial charge in [-0.3, -0.25) is 0 Å². The molecule has 1 N–H and O–H groups in total. The van der Waals surface area contributed by atoms with Crippen LogP contribution in [0.3, 0.4) is 0 Å². The second-order valence-electron chi connectivity index (χ2n) is 3.34. The van der Waals surface area contributed by atoms with E-state index in [1.165, 1.54) is 0 Å². The highest BCUT2D eigenvalue weighted by Gasteiger charge is 2.35. The molecule has 15 heavy (non-hydrogen) atoms. The Kier molecular flexibility index (Phi) is 1.71. The standard InChI is InChI=1S/C10H9NO4/c1-5-13-10(14-5)9-8(12)7-6(15-9)3-2-4-11-7/h2-5,10,12H,1H3. The molecule has 1 saturated heterocycles. The quantitative estimate of drug-likeness (QED) is 0.773. The maximum absolute atomic E-state index is 9.79. The second-order valence-corrected chi connectivity index (χ2v) is 3.34. The first-order chi connectivity index (χ1) is 7.25. The third kappa shape index (κ3) is 1.20. The van der Waals surface area contributed by atoms with E-state index >= 15 is 0 Å². The SMILES string of the molecule is CC1OC(c2oc3cccnc3c2O)O1. The molecular formula is C10H9NO4. The number of aromatic nitrogens is 1. The number of nitrogens with zero attached hydrogens (tertiary/aromatic N) is 1. The summed E-state index contributed by atoms with van der Waals surface area (Å²) in [5, 5.41) is 9.79. The fourth-order valence-corrected chi connectivity index (χ4v) is 1.58. The fourth-order valence-electron chi connectivity index (χ4n) is 1.58. The Morgan fingerprint density at radius 3 is 2.87 bits per heavy atom. The van der Waals surface area contributed by atoms with Crippen molar-refractivity contribution in [2.45, 2.75) is 19.5 Å². The summed E-state index contributed by atoms with van der Waals surface area (Å²) in [6.45, 7) is 1.77. The van der Waals surface area contributed by atoms with Crippen LogP contribution in [0.4, 0.5) is 0 Å². The van der Waals surface area contributed by atoms with Crippen LogP contribution in [-0.2, 0) is 9.47 Å². The molecule has 0 saturated carbocycles. The lowest BCUT2D eigenvalue weighted by molar-refractivity contribution is -0.387. The molecule has 1 fully saturated rings. The molecule has 0 spiro atoms. The largest absolute Gasteiger partial charge is 0.503 e. The van der Waals surface area contributed by atoms with Gasteiger partial charge in [0, 0.05) is 6.20 Å². The van der Waals surface area contributed by atoms with Crippen LogP contribution in [0.1, 0.15) is 19.0 Å². The second kappa shape index (κ2) is 2.95. The molecule has 0 aliphatic carbocycles. The summed E-state index contributed by atoms with van der Waals surface area (Å²) in [5.74, 6) is 0.268. The van der Waals surface area contributed by atoms with E-state index < -0.39 is 6.29 Å². The molecule has 1 aliphatic rings. The van der Waals surface area contributed by atoms with Crippen LogP contribution in [0.15, 0.2) is 22.7 Å². The number of hydrogen-bond donors (Lipinski definition) is 1. The lowest BCUT2D eigenvalue weighted by Gasteiger charge is -2.31. The topological polar surface area (TPSA) is 64.7 Å². The van der Waals surface area contributed by atoms with Gasteiger partial charge < -0.3 is 19.0 Å². The Hall–Kier alpha value is -1.59. The lowest BCUT2D eigenvalue weighted by Crippen LogP contribution is -2.31. The van der Waals surface area contributed by atoms with Crippen LogP contribution >= 0.6 is 0 Å². The number of aromatic hydroxyl groups is 1. The van der Waals surface area contributed by atoms with E-state index in [4.69, 9.17) is 13.9 Å². The molecule has 78 valence electrons. The zero-order valence-electron chi connectivity index (χ0n) is 8.01. The van der Waals surface area contributed by atoms with Crippen LogP contribution in [0.5, 0.6) is 5.75 Å². The Balaban J connectivity index is 2.08. The van der Waals surface area contributed by atoms with Gasteiger partial charge >= 0.3 is 0 Å². The molecule has 0 bridgehead atoms. The number of furan rings is 1. The summed E-state index contributed by atoms with van der Waals surface area (Å²) >= 11 is 0. The summed E-state index contributed by atoms with van der Waals surface area (Å²) < 4.78 is 15.9. The Morgan fingerprint density at radius 2 is 2.20 bits per heavy atom. The van der Waals surface area contributed by atoms with Gasteiger partial charge in [-0.2, -0.15) is 0 Å². The normalized spacial score (nSPS) is 25.4. The van der Waals surface area contributed by atoms with Crippen molar-refractivity contribution in [2.75, 3.05) is 0 Å². The molecule has 3 rings (SSSR count). The number of ether oxygens (including phenoxy) is 2. The molecule has 0 amide bonds. The van der Waals surface area contributed by atoms with Gasteiger partial charge in [0.25, 0.3) is 0 Å². The summed E-state index contributed by atoms with van der Waals surface area (Å²) in [7, 11) is 0. The van der Waals surface area contributed by atoms with Gasteiger partial charge in [0.2, 0.25) is 12.1 Å². The Labute approximate surface area is 85.2 Å². The summed E-state index contributed by atoms with van der Waals surface area (Å²) in [5.41, 5.74) is 0.955. The van der Waals surface area contributed by atoms with Crippen molar-refractivity contribution in [3.05, 3.63) is 24.1 Å². The first-order valence-electron chi connectivity index (χ1n) is 4.63. The van der Waals surface area contributed by atoms with Crippen molar-refractivity contribution in [3.8, 4) is 5.75 Å². The average molecular weight is 207 g/mol. The minimum Gasteiger partial charge on any atom is -0.503 e. The number of pyridine rings is 1. The minimum atomic E-state index is -0.616. The Morgan fingerprint density at radius 1 is 1.40 bits per heavy atom. The van der Waals surface area contributed by atoms with E-state index in [-0.39, 0.29) is 17.8 Å². The predicted molar refractivity (Wildman–Crippen MR) is 50.0 cm³/mol. The first kappa shape index (κ1) is 8.70. The van der Waals surface area contributed by atoms with E-state index in [0.29, 0.717) is 11.1 Å². The maximum atomic E-state index is 9.79. The molecule has 1 aliphatic heterocycles. The van der Waals surface area contributed by atoms with Gasteiger partial charge in [0.1, 0.15) is 0 Å². The van der Waals surface area contributed by atoms with Crippen LogP contribution < -0.4 is 0 Å². The number of hydrogen-bond acceptors (Lipinski definition) is 5. The smallest absolute Gasteiger partial charge is 0.225 e. The molecule has 5 nitrogen and oxygen atoms in total. The monoisotopic (exact) mass is 207 g/mol. The number of fused-ring (bicyclic) bond motifs is 1. The zero-order valence-corrected chi connectivity index (χ0v) is 8.01. The Bertz CT molecular complexity index is 501. The molecule has 0 atom stereocenters. The summed E-state index contributed by atoms with van der Waals surface area (Å²) in [6, 6.07) is 3.47. The summed E-state index contributed by atoms with van der Waals surface area (Å²) in [4.78, 5) is 4.01. The van der Waals surface area contributed by atoms with Crippen molar-refractivity contribution in [1.29, 1.82) is 0 Å². The van der Waals surface area contributed by atoms with Gasteiger partial charge in [0.05, 0.1) is 0 Å². The predicted octanol–water partition coefficient (Wildman–Crippen LogP) is 1.92. The number of rotatable bonds is 1. The van der Waals surface area contributed by atoms with Crippen molar-refractivity contribution < 1.29 is 19.0 Å². The van der Waals surface area contributed by atoms with Gasteiger partial charge in [-0.1, -0.05) is 0 Å². The van der Waals surface area contributed by atoms with Crippen LogP contribution in [-0.4, -0.2) is 16.4 Å². The minimum absolute atomic E-state index is 0.0116. The highest BCUT2D eigenvalue weighted by atomic mass is 16.9. The lowest BCUT2D eigenvalue weighted by atomic mass is 10.3. The molecule has 0 unspecified atom stereocenters. The third-order valence-electron chi connectivity index (χ3n) is 2.29. The van der Waals surface area contributed by atoms with E-state index in [9.17, 15) is 5.11 Å². The first-order valence-corrected chi connectivity index (χ1v) is 4.63. The third-order valence-corrected chi connectivity index (χ3v) is 2.29. The zero-order chi connectivity index (χ0) is 10.4. The van der Waals surface area contributed by atoms with Crippen LogP contribution in [0, 0.1) is 0 Å². The van der Waals surface area contributed by atoms with Crippen molar-refractivity contribution in [3.63, 3.8) is 0 Å². The highest BCUT2D eigenvalue weighted by molar-refractivity contribution is 5.80. The maximum Gasteiger partial charge on any atom is 0.225 e. The van der Waals surface area contributed by atoms with Gasteiger partial charge in [-0.25, -0.2) is 4.98 Å². The molecule has 2 aromatic rings.